The number of thioether (sulfide) groups is 1. The highest BCUT2D eigenvalue weighted by Gasteiger charge is 2.27. The largest absolute Gasteiger partial charge is 0.354 e. The Morgan fingerprint density at radius 3 is 3.08 bits per heavy atom. The van der Waals surface area contributed by atoms with Gasteiger partial charge in [-0.2, -0.15) is 5.10 Å². The van der Waals surface area contributed by atoms with Crippen LogP contribution >= 0.6 is 11.8 Å². The summed E-state index contributed by atoms with van der Waals surface area (Å²) in [4.78, 5) is 3.50. The van der Waals surface area contributed by atoms with Crippen molar-refractivity contribution in [2.45, 2.75) is 36.2 Å². The maximum Gasteiger partial charge on any atom is 0.151 e. The average molecular weight is 344 g/mol. The Balaban J connectivity index is 1.47. The monoisotopic (exact) mass is 344 g/mol. The number of hydrogen-bond donors (Lipinski definition) is 1. The standard InChI is InChI=1S/C18H21FN4S/c19-13-5-6-17-15(11-13)16(7-10-24-17)21-14-3-2-9-23(12-14)18-4-1-8-20-22-18/h1,4-6,8,11,14,16,21H,2-3,7,9-10,12H2/t14-,16-/m1/s1. The van der Waals surface area contributed by atoms with Gasteiger partial charge in [-0.1, -0.05) is 0 Å². The van der Waals surface area contributed by atoms with E-state index < -0.39 is 0 Å². The molecular weight excluding hydrogens is 323 g/mol. The van der Waals surface area contributed by atoms with Crippen molar-refractivity contribution in [1.82, 2.24) is 15.5 Å². The van der Waals surface area contributed by atoms with Crippen LogP contribution in [0.1, 0.15) is 30.9 Å². The van der Waals surface area contributed by atoms with Crippen LogP contribution in [0.3, 0.4) is 0 Å². The summed E-state index contributed by atoms with van der Waals surface area (Å²) in [5.74, 6) is 1.87. The van der Waals surface area contributed by atoms with E-state index in [0.29, 0.717) is 6.04 Å². The summed E-state index contributed by atoms with van der Waals surface area (Å²) in [7, 11) is 0. The van der Waals surface area contributed by atoms with Crippen LogP contribution in [0.5, 0.6) is 0 Å². The Morgan fingerprint density at radius 1 is 1.25 bits per heavy atom. The second kappa shape index (κ2) is 7.07. The number of hydrogen-bond acceptors (Lipinski definition) is 5. The molecule has 0 saturated carbocycles. The van der Waals surface area contributed by atoms with Gasteiger partial charge in [0, 0.05) is 36.3 Å². The van der Waals surface area contributed by atoms with E-state index in [-0.39, 0.29) is 11.9 Å². The number of rotatable bonds is 3. The number of nitrogens with zero attached hydrogens (tertiary/aromatic N) is 3. The van der Waals surface area contributed by atoms with Crippen molar-refractivity contribution in [3.05, 3.63) is 47.9 Å². The van der Waals surface area contributed by atoms with Crippen molar-refractivity contribution >= 4 is 17.6 Å². The molecule has 1 fully saturated rings. The molecule has 0 radical (unpaired) electrons. The van der Waals surface area contributed by atoms with Crippen molar-refractivity contribution < 1.29 is 4.39 Å². The van der Waals surface area contributed by atoms with Crippen molar-refractivity contribution in [1.29, 1.82) is 0 Å². The number of fused-ring (bicyclic) bond motifs is 1. The Morgan fingerprint density at radius 2 is 2.21 bits per heavy atom. The van der Waals surface area contributed by atoms with E-state index >= 15 is 0 Å². The lowest BCUT2D eigenvalue weighted by Gasteiger charge is -2.37. The molecule has 6 heteroatoms. The first kappa shape index (κ1) is 15.8. The van der Waals surface area contributed by atoms with Gasteiger partial charge in [-0.3, -0.25) is 0 Å². The zero-order chi connectivity index (χ0) is 16.4. The van der Waals surface area contributed by atoms with E-state index in [2.05, 4.69) is 20.4 Å². The highest BCUT2D eigenvalue weighted by molar-refractivity contribution is 7.99. The molecule has 24 heavy (non-hydrogen) atoms. The SMILES string of the molecule is Fc1ccc2c(c1)[C@H](N[C@@H]1CCCN(c3cccnn3)C1)CCS2. The van der Waals surface area contributed by atoms with E-state index in [1.807, 2.05) is 30.0 Å². The minimum Gasteiger partial charge on any atom is -0.354 e. The molecule has 2 aliphatic rings. The third-order valence-electron chi connectivity index (χ3n) is 4.75. The maximum absolute atomic E-state index is 13.7. The zero-order valence-corrected chi connectivity index (χ0v) is 14.3. The summed E-state index contributed by atoms with van der Waals surface area (Å²) in [6, 6.07) is 9.74. The molecule has 0 bridgehead atoms. The minimum absolute atomic E-state index is 0.145. The molecule has 2 aromatic rings. The van der Waals surface area contributed by atoms with E-state index in [9.17, 15) is 4.39 Å². The first-order chi connectivity index (χ1) is 11.8. The molecule has 0 unspecified atom stereocenters. The average Bonchev–Trinajstić information content (AvgIpc) is 2.63. The molecule has 2 aliphatic heterocycles. The minimum atomic E-state index is -0.145. The summed E-state index contributed by atoms with van der Waals surface area (Å²) < 4.78 is 13.7. The quantitative estimate of drug-likeness (QED) is 0.924. The summed E-state index contributed by atoms with van der Waals surface area (Å²) in [6.07, 6.45) is 5.02. The van der Waals surface area contributed by atoms with Crippen LogP contribution in [0.15, 0.2) is 41.4 Å². The second-order valence-corrected chi connectivity index (χ2v) is 7.54. The predicted molar refractivity (Wildman–Crippen MR) is 94.9 cm³/mol. The normalized spacial score (nSPS) is 23.8. The van der Waals surface area contributed by atoms with Crippen LogP contribution in [0.2, 0.25) is 0 Å². The molecule has 1 aromatic heterocycles. The van der Waals surface area contributed by atoms with Gasteiger partial charge in [0.1, 0.15) is 5.82 Å². The molecule has 1 aromatic carbocycles. The number of anilines is 1. The third kappa shape index (κ3) is 3.39. The molecule has 1 saturated heterocycles. The van der Waals surface area contributed by atoms with Gasteiger partial charge >= 0.3 is 0 Å². The second-order valence-electron chi connectivity index (χ2n) is 6.41. The summed E-state index contributed by atoms with van der Waals surface area (Å²) in [5, 5.41) is 12.0. The third-order valence-corrected chi connectivity index (χ3v) is 5.87. The highest BCUT2D eigenvalue weighted by Crippen LogP contribution is 2.37. The van der Waals surface area contributed by atoms with E-state index in [4.69, 9.17) is 0 Å². The molecule has 4 rings (SSSR count). The van der Waals surface area contributed by atoms with Crippen LogP contribution in [-0.4, -0.2) is 35.1 Å². The Hall–Kier alpha value is -1.66. The fourth-order valence-electron chi connectivity index (χ4n) is 3.61. The molecule has 0 spiro atoms. The van der Waals surface area contributed by atoms with Crippen LogP contribution in [0.25, 0.3) is 0 Å². The molecule has 126 valence electrons. The van der Waals surface area contributed by atoms with Gasteiger partial charge in [-0.15, -0.1) is 16.9 Å². The number of halogens is 1. The Kier molecular flexibility index (Phi) is 4.67. The van der Waals surface area contributed by atoms with Gasteiger partial charge in [0.2, 0.25) is 0 Å². The molecular formula is C18H21FN4S. The van der Waals surface area contributed by atoms with Crippen LogP contribution in [-0.2, 0) is 0 Å². The fraction of sp³-hybridized carbons (Fsp3) is 0.444. The van der Waals surface area contributed by atoms with E-state index in [0.717, 1.165) is 49.5 Å². The summed E-state index contributed by atoms with van der Waals surface area (Å²) in [5.41, 5.74) is 1.11. The first-order valence-electron chi connectivity index (χ1n) is 8.50. The summed E-state index contributed by atoms with van der Waals surface area (Å²) in [6.45, 7) is 1.94. The van der Waals surface area contributed by atoms with Crippen LogP contribution in [0.4, 0.5) is 10.2 Å². The number of nitrogens with one attached hydrogen (secondary N) is 1. The van der Waals surface area contributed by atoms with E-state index in [1.54, 1.807) is 18.3 Å². The van der Waals surface area contributed by atoms with Gasteiger partial charge < -0.3 is 10.2 Å². The van der Waals surface area contributed by atoms with E-state index in [1.165, 1.54) is 4.90 Å². The Labute approximate surface area is 145 Å². The van der Waals surface area contributed by atoms with Crippen molar-refractivity contribution in [3.8, 4) is 0 Å². The highest BCUT2D eigenvalue weighted by atomic mass is 32.2. The van der Waals surface area contributed by atoms with Crippen molar-refractivity contribution in [3.63, 3.8) is 0 Å². The van der Waals surface area contributed by atoms with Gasteiger partial charge in [0.15, 0.2) is 5.82 Å². The van der Waals surface area contributed by atoms with Crippen LogP contribution < -0.4 is 10.2 Å². The molecule has 2 atom stereocenters. The number of aromatic nitrogens is 2. The smallest absolute Gasteiger partial charge is 0.151 e. The van der Waals surface area contributed by atoms with Crippen molar-refractivity contribution in [2.75, 3.05) is 23.7 Å². The summed E-state index contributed by atoms with van der Waals surface area (Å²) >= 11 is 1.83. The van der Waals surface area contributed by atoms with Gasteiger partial charge in [0.25, 0.3) is 0 Å². The fourth-order valence-corrected chi connectivity index (χ4v) is 4.71. The number of piperidine rings is 1. The molecule has 4 nitrogen and oxygen atoms in total. The molecule has 0 amide bonds. The van der Waals surface area contributed by atoms with Gasteiger partial charge in [-0.05, 0) is 60.9 Å². The molecule has 1 N–H and O–H groups in total. The molecule has 0 aliphatic carbocycles. The predicted octanol–water partition coefficient (Wildman–Crippen LogP) is 3.41. The van der Waals surface area contributed by atoms with Gasteiger partial charge in [-0.25, -0.2) is 4.39 Å². The van der Waals surface area contributed by atoms with Crippen molar-refractivity contribution in [2.24, 2.45) is 0 Å². The lowest BCUT2D eigenvalue weighted by molar-refractivity contribution is 0.366. The van der Waals surface area contributed by atoms with Gasteiger partial charge in [0.05, 0.1) is 0 Å². The Bertz CT molecular complexity index is 697. The lowest BCUT2D eigenvalue weighted by Crippen LogP contribution is -2.47. The maximum atomic E-state index is 13.7. The topological polar surface area (TPSA) is 41.0 Å². The first-order valence-corrected chi connectivity index (χ1v) is 9.49. The zero-order valence-electron chi connectivity index (χ0n) is 13.5. The van der Waals surface area contributed by atoms with Crippen LogP contribution in [0, 0.1) is 5.82 Å². The number of benzene rings is 1. The molecule has 3 heterocycles. The lowest BCUT2D eigenvalue weighted by atomic mass is 9.99.